The quantitative estimate of drug-likeness (QED) is 0.710. The van der Waals surface area contributed by atoms with Gasteiger partial charge in [-0.25, -0.2) is 4.98 Å². The molecule has 5 nitrogen and oxygen atoms in total. The molecule has 3 N–H and O–H groups in total. The molecule has 1 amide bonds. The molecule has 0 aliphatic carbocycles. The number of ether oxygens (including phenoxy) is 1. The second kappa shape index (κ2) is 9.53. The monoisotopic (exact) mass is 361 g/mol. The van der Waals surface area contributed by atoms with Crippen molar-refractivity contribution in [3.8, 4) is 5.75 Å². The molecule has 0 aliphatic rings. The van der Waals surface area contributed by atoms with Crippen LogP contribution in [0.3, 0.4) is 0 Å². The van der Waals surface area contributed by atoms with Gasteiger partial charge in [0.25, 0.3) is 5.91 Å². The van der Waals surface area contributed by atoms with E-state index in [-0.39, 0.29) is 11.9 Å². The molecule has 6 heteroatoms. The smallest absolute Gasteiger partial charge is 0.271 e. The van der Waals surface area contributed by atoms with E-state index in [4.69, 9.17) is 10.5 Å². The third-order valence-electron chi connectivity index (χ3n) is 3.73. The third-order valence-corrected chi connectivity index (χ3v) is 4.60. The number of hydrogen-bond donors (Lipinski definition) is 2. The minimum Gasteiger partial charge on any atom is -0.493 e. The number of amides is 1. The number of thiazole rings is 1. The Labute approximate surface area is 153 Å². The lowest BCUT2D eigenvalue weighted by Crippen LogP contribution is -2.30. The molecular formula is C19H27N3O2S. The van der Waals surface area contributed by atoms with Crippen LogP contribution < -0.4 is 15.8 Å². The van der Waals surface area contributed by atoms with Crippen molar-refractivity contribution in [1.29, 1.82) is 0 Å². The summed E-state index contributed by atoms with van der Waals surface area (Å²) < 4.78 is 5.88. The van der Waals surface area contributed by atoms with E-state index in [2.05, 4.69) is 31.1 Å². The van der Waals surface area contributed by atoms with Crippen molar-refractivity contribution in [2.45, 2.75) is 46.2 Å². The standard InChI is InChI=1S/C19H27N3O2S/c1-4-9-24-17-8-6-5-7-14(17)15(10-13(2)3)22-19(23)16-12-25-18(11-20)21-16/h5-8,12-13,15H,4,9-11,20H2,1-3H3,(H,22,23). The summed E-state index contributed by atoms with van der Waals surface area (Å²) in [5.74, 6) is 1.09. The summed E-state index contributed by atoms with van der Waals surface area (Å²) >= 11 is 1.41. The first kappa shape index (κ1) is 19.4. The highest BCUT2D eigenvalue weighted by atomic mass is 32.1. The maximum atomic E-state index is 12.6. The lowest BCUT2D eigenvalue weighted by Gasteiger charge is -2.23. The van der Waals surface area contributed by atoms with E-state index in [1.807, 2.05) is 24.3 Å². The van der Waals surface area contributed by atoms with Gasteiger partial charge in [-0.3, -0.25) is 4.79 Å². The van der Waals surface area contributed by atoms with Gasteiger partial charge in [0.1, 0.15) is 16.5 Å². The lowest BCUT2D eigenvalue weighted by molar-refractivity contribution is 0.0926. The highest BCUT2D eigenvalue weighted by molar-refractivity contribution is 7.09. The Morgan fingerprint density at radius 1 is 1.36 bits per heavy atom. The van der Waals surface area contributed by atoms with Crippen molar-refractivity contribution >= 4 is 17.2 Å². The predicted molar refractivity (Wildman–Crippen MR) is 102 cm³/mol. The summed E-state index contributed by atoms with van der Waals surface area (Å²) in [6.07, 6.45) is 1.77. The molecule has 0 saturated carbocycles. The van der Waals surface area contributed by atoms with Crippen LogP contribution in [0.5, 0.6) is 5.75 Å². The Kier molecular flexibility index (Phi) is 7.40. The van der Waals surface area contributed by atoms with Crippen molar-refractivity contribution in [2.24, 2.45) is 11.7 Å². The number of benzene rings is 1. The van der Waals surface area contributed by atoms with E-state index >= 15 is 0 Å². The first-order valence-corrected chi connectivity index (χ1v) is 9.60. The largest absolute Gasteiger partial charge is 0.493 e. The fourth-order valence-corrected chi connectivity index (χ4v) is 3.24. The van der Waals surface area contributed by atoms with Crippen LogP contribution in [-0.4, -0.2) is 17.5 Å². The molecule has 1 atom stereocenters. The molecular weight excluding hydrogens is 334 g/mol. The maximum Gasteiger partial charge on any atom is 0.271 e. The van der Waals surface area contributed by atoms with Gasteiger partial charge < -0.3 is 15.8 Å². The van der Waals surface area contributed by atoms with E-state index in [1.54, 1.807) is 5.38 Å². The minimum atomic E-state index is -0.174. The van der Waals surface area contributed by atoms with Gasteiger partial charge in [0.05, 0.1) is 12.6 Å². The van der Waals surface area contributed by atoms with E-state index in [9.17, 15) is 4.79 Å². The number of nitrogens with two attached hydrogens (primary N) is 1. The minimum absolute atomic E-state index is 0.122. The maximum absolute atomic E-state index is 12.6. The Morgan fingerprint density at radius 3 is 2.76 bits per heavy atom. The first-order chi connectivity index (χ1) is 12.0. The SMILES string of the molecule is CCCOc1ccccc1C(CC(C)C)NC(=O)c1csc(CN)n1. The van der Waals surface area contributed by atoms with Crippen molar-refractivity contribution < 1.29 is 9.53 Å². The summed E-state index contributed by atoms with van der Waals surface area (Å²) in [5.41, 5.74) is 7.02. The zero-order valence-electron chi connectivity index (χ0n) is 15.1. The van der Waals surface area contributed by atoms with Crippen molar-refractivity contribution in [3.63, 3.8) is 0 Å². The molecule has 2 rings (SSSR count). The summed E-state index contributed by atoms with van der Waals surface area (Å²) in [5, 5.41) is 5.63. The van der Waals surface area contributed by atoms with Crippen LogP contribution >= 0.6 is 11.3 Å². The fraction of sp³-hybridized carbons (Fsp3) is 0.474. The molecule has 2 aromatic rings. The summed E-state index contributed by atoms with van der Waals surface area (Å²) in [7, 11) is 0. The number of carbonyl (C=O) groups is 1. The topological polar surface area (TPSA) is 77.2 Å². The van der Waals surface area contributed by atoms with Gasteiger partial charge in [-0.05, 0) is 24.8 Å². The van der Waals surface area contributed by atoms with Gasteiger partial charge in [0, 0.05) is 17.5 Å². The van der Waals surface area contributed by atoms with Crippen LogP contribution in [0.25, 0.3) is 0 Å². The van der Waals surface area contributed by atoms with Crippen LogP contribution in [-0.2, 0) is 6.54 Å². The number of hydrogen-bond acceptors (Lipinski definition) is 5. The van der Waals surface area contributed by atoms with Crippen LogP contribution in [0.15, 0.2) is 29.6 Å². The number of rotatable bonds is 9. The van der Waals surface area contributed by atoms with Gasteiger partial charge >= 0.3 is 0 Å². The normalized spacial score (nSPS) is 12.2. The molecule has 1 aromatic heterocycles. The van der Waals surface area contributed by atoms with E-state index in [0.717, 1.165) is 29.2 Å². The van der Waals surface area contributed by atoms with Gasteiger partial charge in [-0.1, -0.05) is 39.0 Å². The second-order valence-corrected chi connectivity index (χ2v) is 7.32. The molecule has 0 bridgehead atoms. The zero-order valence-corrected chi connectivity index (χ0v) is 15.9. The van der Waals surface area contributed by atoms with Crippen LogP contribution in [0.4, 0.5) is 0 Å². The Morgan fingerprint density at radius 2 is 2.12 bits per heavy atom. The Balaban J connectivity index is 2.22. The summed E-state index contributed by atoms with van der Waals surface area (Å²) in [6.45, 7) is 7.37. The molecule has 25 heavy (non-hydrogen) atoms. The van der Waals surface area contributed by atoms with Crippen molar-refractivity contribution in [3.05, 3.63) is 45.9 Å². The molecule has 0 aliphatic heterocycles. The molecule has 1 heterocycles. The molecule has 0 spiro atoms. The van der Waals surface area contributed by atoms with E-state index < -0.39 is 0 Å². The first-order valence-electron chi connectivity index (χ1n) is 8.72. The molecule has 1 unspecified atom stereocenters. The fourth-order valence-electron chi connectivity index (χ4n) is 2.59. The van der Waals surface area contributed by atoms with Gasteiger partial charge in [-0.2, -0.15) is 0 Å². The number of nitrogens with zero attached hydrogens (tertiary/aromatic N) is 1. The van der Waals surface area contributed by atoms with Gasteiger partial charge in [0.2, 0.25) is 0 Å². The number of aromatic nitrogens is 1. The predicted octanol–water partition coefficient (Wildman–Crippen LogP) is 3.91. The average molecular weight is 362 g/mol. The van der Waals surface area contributed by atoms with Crippen molar-refractivity contribution in [2.75, 3.05) is 6.61 Å². The highest BCUT2D eigenvalue weighted by Crippen LogP contribution is 2.30. The molecule has 0 saturated heterocycles. The molecule has 1 aromatic carbocycles. The lowest BCUT2D eigenvalue weighted by atomic mass is 9.96. The molecule has 136 valence electrons. The summed E-state index contributed by atoms with van der Waals surface area (Å²) in [4.78, 5) is 16.9. The Hall–Kier alpha value is -1.92. The zero-order chi connectivity index (χ0) is 18.2. The van der Waals surface area contributed by atoms with E-state index in [1.165, 1.54) is 11.3 Å². The summed E-state index contributed by atoms with van der Waals surface area (Å²) in [6, 6.07) is 7.79. The number of para-hydroxylation sites is 1. The second-order valence-electron chi connectivity index (χ2n) is 6.37. The third kappa shape index (κ3) is 5.54. The Bertz CT molecular complexity index is 685. The van der Waals surface area contributed by atoms with Gasteiger partial charge in [0.15, 0.2) is 0 Å². The number of carbonyl (C=O) groups excluding carboxylic acids is 1. The van der Waals surface area contributed by atoms with Crippen LogP contribution in [0.1, 0.15) is 60.7 Å². The highest BCUT2D eigenvalue weighted by Gasteiger charge is 2.21. The number of nitrogens with one attached hydrogen (secondary N) is 1. The van der Waals surface area contributed by atoms with E-state index in [0.29, 0.717) is 24.8 Å². The van der Waals surface area contributed by atoms with Crippen LogP contribution in [0.2, 0.25) is 0 Å². The van der Waals surface area contributed by atoms with Crippen molar-refractivity contribution in [1.82, 2.24) is 10.3 Å². The average Bonchev–Trinajstić information content (AvgIpc) is 3.08. The van der Waals surface area contributed by atoms with Crippen LogP contribution in [0, 0.1) is 5.92 Å². The molecule has 0 radical (unpaired) electrons. The van der Waals surface area contributed by atoms with Gasteiger partial charge in [-0.15, -0.1) is 11.3 Å². The molecule has 0 fully saturated rings.